The number of amides is 1. The number of H-pyrrole nitrogens is 1. The van der Waals surface area contributed by atoms with E-state index in [2.05, 4.69) is 15.3 Å². The van der Waals surface area contributed by atoms with Crippen molar-refractivity contribution < 1.29 is 4.79 Å². The fourth-order valence-electron chi connectivity index (χ4n) is 1.88. The SMILES string of the molecule is O=C(Nc1ccc2[nH]ccc2c1)c1cnc(Cl)c(Cl)c1. The number of hydrogen-bond acceptors (Lipinski definition) is 2. The molecule has 4 nitrogen and oxygen atoms in total. The molecule has 20 heavy (non-hydrogen) atoms. The number of anilines is 1. The molecule has 0 aliphatic carbocycles. The topological polar surface area (TPSA) is 57.8 Å². The summed E-state index contributed by atoms with van der Waals surface area (Å²) in [6, 6.07) is 9.03. The highest BCUT2D eigenvalue weighted by Crippen LogP contribution is 2.21. The van der Waals surface area contributed by atoms with E-state index in [0.717, 1.165) is 10.9 Å². The standard InChI is InChI=1S/C14H9Cl2N3O/c15-11-6-9(7-18-13(11)16)14(20)19-10-1-2-12-8(5-10)3-4-17-12/h1-7,17H,(H,19,20). The van der Waals surface area contributed by atoms with Crippen molar-refractivity contribution >= 4 is 45.7 Å². The second kappa shape index (κ2) is 5.15. The van der Waals surface area contributed by atoms with E-state index >= 15 is 0 Å². The number of hydrogen-bond donors (Lipinski definition) is 2. The van der Waals surface area contributed by atoms with Crippen molar-refractivity contribution in [3.63, 3.8) is 0 Å². The first-order chi connectivity index (χ1) is 9.63. The van der Waals surface area contributed by atoms with Gasteiger partial charge in [-0.25, -0.2) is 4.98 Å². The highest BCUT2D eigenvalue weighted by Gasteiger charge is 2.09. The Morgan fingerprint density at radius 2 is 2.05 bits per heavy atom. The molecule has 2 heterocycles. The summed E-state index contributed by atoms with van der Waals surface area (Å²) in [6.07, 6.45) is 3.23. The fourth-order valence-corrected chi connectivity index (χ4v) is 2.15. The van der Waals surface area contributed by atoms with Crippen LogP contribution in [0.4, 0.5) is 5.69 Å². The molecule has 0 unspecified atom stereocenters. The number of nitrogens with zero attached hydrogens (tertiary/aromatic N) is 1. The van der Waals surface area contributed by atoms with Crippen molar-refractivity contribution in [2.45, 2.75) is 0 Å². The van der Waals surface area contributed by atoms with E-state index in [0.29, 0.717) is 11.3 Å². The number of pyridine rings is 1. The van der Waals surface area contributed by atoms with Crippen LogP contribution < -0.4 is 5.32 Å². The number of benzene rings is 1. The molecular formula is C14H9Cl2N3O. The zero-order chi connectivity index (χ0) is 14.1. The lowest BCUT2D eigenvalue weighted by Gasteiger charge is -2.06. The molecule has 0 aliphatic heterocycles. The highest BCUT2D eigenvalue weighted by molar-refractivity contribution is 6.41. The van der Waals surface area contributed by atoms with Gasteiger partial charge in [0.05, 0.1) is 10.6 Å². The Morgan fingerprint density at radius 3 is 2.85 bits per heavy atom. The molecule has 1 aromatic carbocycles. The number of rotatable bonds is 2. The minimum Gasteiger partial charge on any atom is -0.361 e. The lowest BCUT2D eigenvalue weighted by Crippen LogP contribution is -2.12. The van der Waals surface area contributed by atoms with Crippen LogP contribution in [0.2, 0.25) is 10.2 Å². The van der Waals surface area contributed by atoms with Crippen LogP contribution in [0.3, 0.4) is 0 Å². The normalized spacial score (nSPS) is 10.7. The Morgan fingerprint density at radius 1 is 1.20 bits per heavy atom. The number of fused-ring (bicyclic) bond motifs is 1. The molecule has 1 amide bonds. The second-order valence-electron chi connectivity index (χ2n) is 4.23. The Kier molecular flexibility index (Phi) is 3.34. The molecule has 6 heteroatoms. The molecule has 2 aromatic heterocycles. The lowest BCUT2D eigenvalue weighted by molar-refractivity contribution is 0.102. The first kappa shape index (κ1) is 13.0. The van der Waals surface area contributed by atoms with Crippen molar-refractivity contribution in [3.8, 4) is 0 Å². The Labute approximate surface area is 124 Å². The van der Waals surface area contributed by atoms with Crippen molar-refractivity contribution in [2.24, 2.45) is 0 Å². The molecule has 3 aromatic rings. The van der Waals surface area contributed by atoms with E-state index in [4.69, 9.17) is 23.2 Å². The fraction of sp³-hybridized carbons (Fsp3) is 0. The molecule has 2 N–H and O–H groups in total. The number of halogens is 2. The van der Waals surface area contributed by atoms with Crippen molar-refractivity contribution in [1.82, 2.24) is 9.97 Å². The van der Waals surface area contributed by atoms with Gasteiger partial charge in [0.2, 0.25) is 0 Å². The summed E-state index contributed by atoms with van der Waals surface area (Å²) >= 11 is 11.6. The first-order valence-corrected chi connectivity index (χ1v) is 6.58. The number of carbonyl (C=O) groups is 1. The third-order valence-electron chi connectivity index (χ3n) is 2.87. The van der Waals surface area contributed by atoms with E-state index < -0.39 is 0 Å². The van der Waals surface area contributed by atoms with Gasteiger partial charge in [0.15, 0.2) is 0 Å². The molecule has 0 spiro atoms. The zero-order valence-corrected chi connectivity index (χ0v) is 11.7. The van der Waals surface area contributed by atoms with Crippen molar-refractivity contribution in [3.05, 3.63) is 58.5 Å². The van der Waals surface area contributed by atoms with Gasteiger partial charge in [-0.15, -0.1) is 0 Å². The Bertz CT molecular complexity index is 798. The van der Waals surface area contributed by atoms with E-state index in [1.54, 1.807) is 0 Å². The van der Waals surface area contributed by atoms with Gasteiger partial charge in [-0.3, -0.25) is 4.79 Å². The summed E-state index contributed by atoms with van der Waals surface area (Å²) in [5.41, 5.74) is 2.07. The van der Waals surface area contributed by atoms with Gasteiger partial charge in [0.1, 0.15) is 5.15 Å². The van der Waals surface area contributed by atoms with Gasteiger partial charge in [-0.1, -0.05) is 23.2 Å². The van der Waals surface area contributed by atoms with Crippen LogP contribution in [-0.4, -0.2) is 15.9 Å². The largest absolute Gasteiger partial charge is 0.361 e. The van der Waals surface area contributed by atoms with Gasteiger partial charge >= 0.3 is 0 Å². The van der Waals surface area contributed by atoms with Crippen molar-refractivity contribution in [2.75, 3.05) is 5.32 Å². The number of aromatic amines is 1. The molecule has 0 saturated heterocycles. The van der Waals surface area contributed by atoms with E-state index in [9.17, 15) is 4.79 Å². The molecule has 0 radical (unpaired) electrons. The van der Waals surface area contributed by atoms with E-state index in [1.165, 1.54) is 12.3 Å². The smallest absolute Gasteiger partial charge is 0.257 e. The number of aromatic nitrogens is 2. The van der Waals surface area contributed by atoms with Crippen LogP contribution in [0.5, 0.6) is 0 Å². The van der Waals surface area contributed by atoms with Crippen molar-refractivity contribution in [1.29, 1.82) is 0 Å². The van der Waals surface area contributed by atoms with Crippen LogP contribution in [0.25, 0.3) is 10.9 Å². The summed E-state index contributed by atoms with van der Waals surface area (Å²) in [7, 11) is 0. The molecule has 0 bridgehead atoms. The van der Waals surface area contributed by atoms with Gasteiger partial charge in [0, 0.05) is 29.0 Å². The molecule has 0 fully saturated rings. The third kappa shape index (κ3) is 2.48. The minimum atomic E-state index is -0.286. The molecular weight excluding hydrogens is 297 g/mol. The zero-order valence-electron chi connectivity index (χ0n) is 10.2. The monoisotopic (exact) mass is 305 g/mol. The van der Waals surface area contributed by atoms with Gasteiger partial charge in [-0.05, 0) is 30.3 Å². The second-order valence-corrected chi connectivity index (χ2v) is 5.00. The summed E-state index contributed by atoms with van der Waals surface area (Å²) in [6.45, 7) is 0. The van der Waals surface area contributed by atoms with Crippen LogP contribution in [0, 0.1) is 0 Å². The number of nitrogens with one attached hydrogen (secondary N) is 2. The molecule has 100 valence electrons. The highest BCUT2D eigenvalue weighted by atomic mass is 35.5. The Hall–Kier alpha value is -2.04. The van der Waals surface area contributed by atoms with Gasteiger partial charge < -0.3 is 10.3 Å². The maximum absolute atomic E-state index is 12.1. The summed E-state index contributed by atoms with van der Waals surface area (Å²) < 4.78 is 0. The summed E-state index contributed by atoms with van der Waals surface area (Å²) in [5.74, 6) is -0.286. The average Bonchev–Trinajstić information content (AvgIpc) is 2.89. The lowest BCUT2D eigenvalue weighted by atomic mass is 10.2. The number of carbonyl (C=O) groups excluding carboxylic acids is 1. The molecule has 3 rings (SSSR count). The minimum absolute atomic E-state index is 0.178. The average molecular weight is 306 g/mol. The molecule has 0 saturated carbocycles. The van der Waals surface area contributed by atoms with Gasteiger partial charge in [-0.2, -0.15) is 0 Å². The predicted octanol–water partition coefficient (Wildman–Crippen LogP) is 4.12. The first-order valence-electron chi connectivity index (χ1n) is 5.83. The van der Waals surface area contributed by atoms with Crippen LogP contribution >= 0.6 is 23.2 Å². The van der Waals surface area contributed by atoms with Crippen LogP contribution in [0.15, 0.2) is 42.7 Å². The quantitative estimate of drug-likeness (QED) is 0.700. The van der Waals surface area contributed by atoms with Gasteiger partial charge in [0.25, 0.3) is 5.91 Å². The molecule has 0 atom stereocenters. The summed E-state index contributed by atoms with van der Waals surface area (Å²) in [4.78, 5) is 19.0. The van der Waals surface area contributed by atoms with E-state index in [1.807, 2.05) is 30.5 Å². The predicted molar refractivity (Wildman–Crippen MR) is 80.5 cm³/mol. The third-order valence-corrected chi connectivity index (χ3v) is 3.56. The summed E-state index contributed by atoms with van der Waals surface area (Å²) in [5, 5.41) is 4.24. The van der Waals surface area contributed by atoms with Crippen LogP contribution in [0.1, 0.15) is 10.4 Å². The maximum atomic E-state index is 12.1. The molecule has 0 aliphatic rings. The maximum Gasteiger partial charge on any atom is 0.257 e. The van der Waals surface area contributed by atoms with E-state index in [-0.39, 0.29) is 16.1 Å². The Balaban J connectivity index is 1.85. The van der Waals surface area contributed by atoms with Crippen LogP contribution in [-0.2, 0) is 0 Å².